The summed E-state index contributed by atoms with van der Waals surface area (Å²) < 4.78 is 7.27. The van der Waals surface area contributed by atoms with Gasteiger partial charge in [0.05, 0.1) is 24.5 Å². The van der Waals surface area contributed by atoms with Gasteiger partial charge in [-0.2, -0.15) is 0 Å². The van der Waals surface area contributed by atoms with E-state index in [-0.39, 0.29) is 17.7 Å². The van der Waals surface area contributed by atoms with Gasteiger partial charge in [0.25, 0.3) is 0 Å². The fourth-order valence-electron chi connectivity index (χ4n) is 5.45. The highest BCUT2D eigenvalue weighted by atomic mass is 127. The molecule has 6 rings (SSSR count). The van der Waals surface area contributed by atoms with Crippen LogP contribution in [0.15, 0.2) is 78.9 Å². The van der Waals surface area contributed by atoms with Gasteiger partial charge in [-0.25, -0.2) is 0 Å². The zero-order chi connectivity index (χ0) is 23.6. The van der Waals surface area contributed by atoms with E-state index in [0.717, 1.165) is 9.13 Å². The third-order valence-corrected chi connectivity index (χ3v) is 7.71. The van der Waals surface area contributed by atoms with Crippen molar-refractivity contribution in [3.8, 4) is 0 Å². The lowest BCUT2D eigenvalue weighted by Gasteiger charge is -2.27. The predicted molar refractivity (Wildman–Crippen MR) is 130 cm³/mol. The summed E-state index contributed by atoms with van der Waals surface area (Å²) in [5.41, 5.74) is -0.114. The van der Waals surface area contributed by atoms with Crippen LogP contribution < -0.4 is 0 Å². The summed E-state index contributed by atoms with van der Waals surface area (Å²) in [7, 11) is 0. The number of amides is 2. The number of ether oxygens (including phenoxy) is 1. The maximum Gasteiger partial charge on any atom is 0.237 e. The minimum absolute atomic E-state index is 0.0797. The van der Waals surface area contributed by atoms with Crippen LogP contribution in [-0.4, -0.2) is 33.9 Å². The minimum Gasteiger partial charge on any atom is -0.349 e. The number of carbonyl (C=O) groups is 4. The first-order chi connectivity index (χ1) is 16.4. The standard InChI is InChI=1S/C27H18INO5/c28-17-12-10-16(11-13-17)22-20-21(26(33)29(25(20)32)14-15-6-2-1-3-7-15)27(34-22)23(30)18-8-4-5-9-19(18)24(27)31/h1-13,20-22H,14H2/t20-,21+,22-/m1/s1. The molecule has 2 aliphatic heterocycles. The Balaban J connectivity index is 1.49. The summed E-state index contributed by atoms with van der Waals surface area (Å²) in [4.78, 5) is 56.0. The Morgan fingerprint density at radius 2 is 1.35 bits per heavy atom. The van der Waals surface area contributed by atoms with E-state index >= 15 is 0 Å². The van der Waals surface area contributed by atoms with Gasteiger partial charge in [0.1, 0.15) is 0 Å². The van der Waals surface area contributed by atoms with Crippen molar-refractivity contribution in [2.45, 2.75) is 18.2 Å². The highest BCUT2D eigenvalue weighted by Crippen LogP contribution is 2.57. The molecule has 3 aliphatic rings. The second-order valence-electron chi connectivity index (χ2n) is 8.78. The highest BCUT2D eigenvalue weighted by molar-refractivity contribution is 14.1. The second-order valence-corrected chi connectivity index (χ2v) is 10.0. The number of Topliss-reactive ketones (excluding diaryl/α,β-unsaturated/α-hetero) is 2. The third-order valence-electron chi connectivity index (χ3n) is 6.99. The normalized spacial score (nSPS) is 24.7. The number of nitrogens with zero attached hydrogens (tertiary/aromatic N) is 1. The van der Waals surface area contributed by atoms with Crippen molar-refractivity contribution in [1.82, 2.24) is 4.90 Å². The number of likely N-dealkylation sites (tertiary alicyclic amines) is 1. The van der Waals surface area contributed by atoms with Gasteiger partial charge in [0, 0.05) is 14.7 Å². The topological polar surface area (TPSA) is 80.8 Å². The van der Waals surface area contributed by atoms with Crippen molar-refractivity contribution in [2.75, 3.05) is 0 Å². The number of rotatable bonds is 3. The Morgan fingerprint density at radius 3 is 1.97 bits per heavy atom. The van der Waals surface area contributed by atoms with Crippen LogP contribution in [0.1, 0.15) is 37.9 Å². The number of ketones is 2. The number of imide groups is 1. The first-order valence-corrected chi connectivity index (χ1v) is 12.0. The van der Waals surface area contributed by atoms with Crippen LogP contribution in [0.3, 0.4) is 0 Å². The van der Waals surface area contributed by atoms with Gasteiger partial charge >= 0.3 is 0 Å². The average molecular weight is 563 g/mol. The van der Waals surface area contributed by atoms with E-state index in [1.165, 1.54) is 4.90 Å². The molecular formula is C27H18INO5. The minimum atomic E-state index is -2.03. The molecule has 2 heterocycles. The molecule has 0 aromatic heterocycles. The average Bonchev–Trinajstić information content (AvgIpc) is 3.41. The van der Waals surface area contributed by atoms with Gasteiger partial charge in [-0.05, 0) is 45.9 Å². The first kappa shape index (κ1) is 21.4. The van der Waals surface area contributed by atoms with Crippen LogP contribution in [0.4, 0.5) is 0 Å². The monoisotopic (exact) mass is 563 g/mol. The van der Waals surface area contributed by atoms with Crippen LogP contribution >= 0.6 is 22.6 Å². The van der Waals surface area contributed by atoms with Crippen LogP contribution in [0.2, 0.25) is 0 Å². The molecule has 2 saturated heterocycles. The van der Waals surface area contributed by atoms with Crippen molar-refractivity contribution in [1.29, 1.82) is 0 Å². The molecule has 2 fully saturated rings. The van der Waals surface area contributed by atoms with Crippen LogP contribution in [0, 0.1) is 15.4 Å². The molecule has 0 unspecified atom stereocenters. The Labute approximate surface area is 209 Å². The fourth-order valence-corrected chi connectivity index (χ4v) is 5.81. The molecule has 3 aromatic rings. The van der Waals surface area contributed by atoms with Gasteiger partial charge in [0.2, 0.25) is 29.0 Å². The highest BCUT2D eigenvalue weighted by Gasteiger charge is 2.74. The molecule has 1 spiro atoms. The predicted octanol–water partition coefficient (Wildman–Crippen LogP) is 3.98. The van der Waals surface area contributed by atoms with E-state index in [0.29, 0.717) is 5.56 Å². The maximum absolute atomic E-state index is 13.8. The molecule has 0 N–H and O–H groups in total. The molecule has 1 aliphatic carbocycles. The van der Waals surface area contributed by atoms with Crippen molar-refractivity contribution >= 4 is 46.0 Å². The van der Waals surface area contributed by atoms with Crippen molar-refractivity contribution in [3.63, 3.8) is 0 Å². The van der Waals surface area contributed by atoms with Gasteiger partial charge in [-0.3, -0.25) is 24.1 Å². The molecule has 0 radical (unpaired) electrons. The lowest BCUT2D eigenvalue weighted by molar-refractivity contribution is -0.145. The smallest absolute Gasteiger partial charge is 0.237 e. The molecule has 6 nitrogen and oxygen atoms in total. The molecule has 7 heteroatoms. The van der Waals surface area contributed by atoms with Crippen LogP contribution in [-0.2, 0) is 20.9 Å². The Morgan fingerprint density at radius 1 is 0.765 bits per heavy atom. The summed E-state index contributed by atoms with van der Waals surface area (Å²) in [6, 6.07) is 23.1. The fraction of sp³-hybridized carbons (Fsp3) is 0.185. The maximum atomic E-state index is 13.8. The van der Waals surface area contributed by atoms with Gasteiger partial charge in [-0.15, -0.1) is 0 Å². The van der Waals surface area contributed by atoms with E-state index in [2.05, 4.69) is 22.6 Å². The number of fused-ring (bicyclic) bond motifs is 3. The summed E-state index contributed by atoms with van der Waals surface area (Å²) in [6.45, 7) is 0.0797. The summed E-state index contributed by atoms with van der Waals surface area (Å²) in [5.74, 6) is -4.21. The molecule has 168 valence electrons. The number of benzene rings is 3. The van der Waals surface area contributed by atoms with E-state index in [1.54, 1.807) is 24.3 Å². The van der Waals surface area contributed by atoms with E-state index in [9.17, 15) is 19.2 Å². The van der Waals surface area contributed by atoms with Crippen LogP contribution in [0.25, 0.3) is 0 Å². The van der Waals surface area contributed by atoms with Gasteiger partial charge in [-0.1, -0.05) is 66.7 Å². The number of hydrogen-bond donors (Lipinski definition) is 0. The molecule has 0 bridgehead atoms. The molecule has 0 saturated carbocycles. The Kier molecular flexibility index (Phi) is 4.82. The molecular weight excluding hydrogens is 545 g/mol. The van der Waals surface area contributed by atoms with Crippen LogP contribution in [0.5, 0.6) is 0 Å². The van der Waals surface area contributed by atoms with Crippen molar-refractivity contribution in [2.24, 2.45) is 11.8 Å². The summed E-state index contributed by atoms with van der Waals surface area (Å²) in [6.07, 6.45) is -0.888. The number of hydrogen-bond acceptors (Lipinski definition) is 5. The summed E-state index contributed by atoms with van der Waals surface area (Å²) >= 11 is 2.17. The Bertz CT molecular complexity index is 1330. The second kappa shape index (κ2) is 7.68. The SMILES string of the molecule is O=C1[C@H]2[C@@H](c3ccc(I)cc3)OC3(C(=O)c4ccccc4C3=O)[C@@H]2C(=O)N1Cc1ccccc1. The molecule has 34 heavy (non-hydrogen) atoms. The number of halogens is 1. The lowest BCUT2D eigenvalue weighted by atomic mass is 9.77. The van der Waals surface area contributed by atoms with Crippen molar-refractivity contribution in [3.05, 3.63) is 105 Å². The van der Waals surface area contributed by atoms with Gasteiger partial charge < -0.3 is 4.74 Å². The third kappa shape index (κ3) is 2.83. The molecule has 3 atom stereocenters. The van der Waals surface area contributed by atoms with E-state index in [4.69, 9.17) is 4.74 Å². The van der Waals surface area contributed by atoms with E-state index in [1.807, 2.05) is 54.6 Å². The Hall–Kier alpha value is -3.17. The summed E-state index contributed by atoms with van der Waals surface area (Å²) in [5, 5.41) is 0. The van der Waals surface area contributed by atoms with E-state index < -0.39 is 46.9 Å². The molecule has 2 amide bonds. The quantitative estimate of drug-likeness (QED) is 0.274. The zero-order valence-electron chi connectivity index (χ0n) is 17.8. The van der Waals surface area contributed by atoms with Crippen molar-refractivity contribution < 1.29 is 23.9 Å². The molecule has 3 aromatic carbocycles. The number of carbonyl (C=O) groups excluding carboxylic acids is 4. The first-order valence-electron chi connectivity index (χ1n) is 10.9. The largest absolute Gasteiger partial charge is 0.349 e. The lowest BCUT2D eigenvalue weighted by Crippen LogP contribution is -2.50. The van der Waals surface area contributed by atoms with Gasteiger partial charge in [0.15, 0.2) is 0 Å². The zero-order valence-corrected chi connectivity index (χ0v) is 20.0.